The third-order valence-corrected chi connectivity index (χ3v) is 7.53. The quantitative estimate of drug-likeness (QED) is 0.183. The number of phenolic OH excluding ortho intramolecular Hbond substituents is 3. The van der Waals surface area contributed by atoms with Crippen molar-refractivity contribution in [2.24, 2.45) is 11.8 Å². The topological polar surface area (TPSA) is 218 Å². The van der Waals surface area contributed by atoms with Crippen molar-refractivity contribution in [1.29, 1.82) is 0 Å². The van der Waals surface area contributed by atoms with Gasteiger partial charge in [-0.3, -0.25) is 24.5 Å². The number of aliphatic hydroxyl groups excluding tert-OH is 1. The summed E-state index contributed by atoms with van der Waals surface area (Å²) in [6, 6.07) is 2.86. The number of fused-ring (bicyclic) bond motifs is 1. The van der Waals surface area contributed by atoms with Crippen LogP contribution in [0, 0.1) is 11.8 Å². The molecule has 2 aliphatic rings. The normalized spacial score (nSPS) is 21.0. The summed E-state index contributed by atoms with van der Waals surface area (Å²) in [4.78, 5) is 49.4. The molecule has 0 aliphatic carbocycles. The van der Waals surface area contributed by atoms with E-state index in [0.29, 0.717) is 25.8 Å². The Morgan fingerprint density at radius 1 is 0.825 bits per heavy atom. The van der Waals surface area contributed by atoms with Gasteiger partial charge in [-0.05, 0) is 43.1 Å². The Bertz CT molecular complexity index is 1360. The second-order valence-electron chi connectivity index (χ2n) is 10.2. The van der Waals surface area contributed by atoms with Gasteiger partial charge >= 0.3 is 0 Å². The van der Waals surface area contributed by atoms with Crippen molar-refractivity contribution in [1.82, 2.24) is 21.3 Å². The van der Waals surface area contributed by atoms with E-state index in [0.717, 1.165) is 0 Å². The van der Waals surface area contributed by atoms with Crippen molar-refractivity contribution in [3.8, 4) is 23.0 Å². The van der Waals surface area contributed by atoms with Crippen molar-refractivity contribution >= 4 is 28.5 Å². The summed E-state index contributed by atoms with van der Waals surface area (Å²) in [7, 11) is 0. The van der Waals surface area contributed by atoms with Crippen LogP contribution in [-0.2, 0) is 27.2 Å². The molecule has 3 atom stereocenters. The number of aromatic hydroxyl groups is 4. The molecule has 0 radical (unpaired) electrons. The minimum absolute atomic E-state index is 0.0132. The van der Waals surface area contributed by atoms with Gasteiger partial charge in [0, 0.05) is 38.2 Å². The molecule has 0 bridgehead atoms. The van der Waals surface area contributed by atoms with Crippen LogP contribution < -0.4 is 26.7 Å². The van der Waals surface area contributed by atoms with Crippen LogP contribution in [0.1, 0.15) is 36.8 Å². The molecule has 2 aromatic carbocycles. The summed E-state index contributed by atoms with van der Waals surface area (Å²) in [6.07, 6.45) is 1.06. The molecule has 0 aromatic heterocycles. The van der Waals surface area contributed by atoms with E-state index in [1.54, 1.807) is 0 Å². The molecule has 216 valence electrons. The minimum Gasteiger partial charge on any atom is -0.504 e. The Balaban J connectivity index is 1.51. The molecule has 40 heavy (non-hydrogen) atoms. The number of piperidine rings is 2. The number of carbonyl (C=O) groups excluding carboxylic acids is 3. The average molecular weight is 559 g/mol. The molecule has 4 rings (SSSR count). The van der Waals surface area contributed by atoms with Crippen LogP contribution in [0.4, 0.5) is 0 Å². The number of hydrogen-bond donors (Lipinski definition) is 9. The molecule has 13 heteroatoms. The van der Waals surface area contributed by atoms with Crippen molar-refractivity contribution in [3.63, 3.8) is 0 Å². The lowest BCUT2D eigenvalue weighted by molar-refractivity contribution is -0.129. The maximum absolute atomic E-state index is 13.1. The Kier molecular flexibility index (Phi) is 8.95. The number of phenols is 3. The zero-order chi connectivity index (χ0) is 29.0. The second kappa shape index (κ2) is 12.4. The number of nitrogens with one attached hydrogen (secondary N) is 4. The SMILES string of the molecule is O=C1CCC(C(=O)NCCc2c(O)c(O)c(O)c3c(=O)c(O)c(CCNC(=O)C4CCC(O)NC4)ccc23)CN1. The van der Waals surface area contributed by atoms with Gasteiger partial charge in [0.25, 0.3) is 0 Å². The first kappa shape index (κ1) is 28.9. The number of carbonyl (C=O) groups is 3. The molecule has 9 N–H and O–H groups in total. The summed E-state index contributed by atoms with van der Waals surface area (Å²) >= 11 is 0. The van der Waals surface area contributed by atoms with E-state index < -0.39 is 46.0 Å². The molecule has 0 saturated carbocycles. The lowest BCUT2D eigenvalue weighted by Gasteiger charge is -2.25. The largest absolute Gasteiger partial charge is 0.504 e. The molecule has 2 fully saturated rings. The maximum Gasteiger partial charge on any atom is 0.232 e. The fourth-order valence-corrected chi connectivity index (χ4v) is 5.12. The third kappa shape index (κ3) is 6.20. The van der Waals surface area contributed by atoms with Gasteiger partial charge in [0.15, 0.2) is 17.2 Å². The monoisotopic (exact) mass is 558 g/mol. The fourth-order valence-electron chi connectivity index (χ4n) is 5.12. The fraction of sp³-hybridized carbons (Fsp3) is 0.481. The summed E-state index contributed by atoms with van der Waals surface area (Å²) in [5.74, 6) is -4.49. The molecule has 3 unspecified atom stereocenters. The molecule has 2 aliphatic heterocycles. The van der Waals surface area contributed by atoms with E-state index in [1.165, 1.54) is 12.1 Å². The standard InChI is InChI=1S/C27H34N4O9/c32-18-5-2-14(11-30-18)26(39)28-9-7-13-1-4-16-17(8-10-29-27(40)15-3-6-19(33)31-12-15)22(35)25(38)24(37)20(16)23(36)21(13)34/h1,4,14-15,18,30,32,35,37-38H,2-3,5-12H2,(H,28,39)(H,29,40)(H,31,33)(H,34,36). The molecule has 2 heterocycles. The van der Waals surface area contributed by atoms with Gasteiger partial charge in [-0.1, -0.05) is 12.1 Å². The van der Waals surface area contributed by atoms with Crippen LogP contribution in [0.5, 0.6) is 23.0 Å². The van der Waals surface area contributed by atoms with E-state index in [-0.39, 0.29) is 79.0 Å². The zero-order valence-corrected chi connectivity index (χ0v) is 21.8. The summed E-state index contributed by atoms with van der Waals surface area (Å²) < 4.78 is 0. The van der Waals surface area contributed by atoms with Crippen LogP contribution in [0.15, 0.2) is 16.9 Å². The maximum atomic E-state index is 13.1. The zero-order valence-electron chi connectivity index (χ0n) is 21.8. The Hall–Kier alpha value is -4.10. The number of amides is 3. The third-order valence-electron chi connectivity index (χ3n) is 7.53. The predicted octanol–water partition coefficient (Wildman–Crippen LogP) is -0.816. The molecule has 2 saturated heterocycles. The number of hydrogen-bond acceptors (Lipinski definition) is 10. The van der Waals surface area contributed by atoms with Gasteiger partial charge in [0.2, 0.25) is 28.9 Å². The first-order chi connectivity index (χ1) is 19.1. The highest BCUT2D eigenvalue weighted by molar-refractivity contribution is 5.96. The van der Waals surface area contributed by atoms with Crippen LogP contribution in [0.25, 0.3) is 10.8 Å². The van der Waals surface area contributed by atoms with Crippen molar-refractivity contribution in [2.75, 3.05) is 26.2 Å². The lowest BCUT2D eigenvalue weighted by Crippen LogP contribution is -2.45. The lowest BCUT2D eigenvalue weighted by atomic mass is 9.98. The van der Waals surface area contributed by atoms with Crippen LogP contribution >= 0.6 is 0 Å². The highest BCUT2D eigenvalue weighted by Crippen LogP contribution is 2.44. The smallest absolute Gasteiger partial charge is 0.232 e. The van der Waals surface area contributed by atoms with Crippen molar-refractivity contribution < 1.29 is 39.9 Å². The van der Waals surface area contributed by atoms with Gasteiger partial charge in [0.1, 0.15) is 6.23 Å². The van der Waals surface area contributed by atoms with Crippen LogP contribution in [-0.4, -0.2) is 75.7 Å². The van der Waals surface area contributed by atoms with Crippen molar-refractivity contribution in [3.05, 3.63) is 33.5 Å². The first-order valence-electron chi connectivity index (χ1n) is 13.3. The molecular weight excluding hydrogens is 524 g/mol. The average Bonchev–Trinajstić information content (AvgIpc) is 3.06. The number of benzene rings is 1. The predicted molar refractivity (Wildman–Crippen MR) is 143 cm³/mol. The minimum atomic E-state index is -0.970. The second-order valence-corrected chi connectivity index (χ2v) is 10.2. The van der Waals surface area contributed by atoms with E-state index in [9.17, 15) is 44.7 Å². The van der Waals surface area contributed by atoms with E-state index >= 15 is 0 Å². The van der Waals surface area contributed by atoms with Crippen molar-refractivity contribution in [2.45, 2.75) is 44.8 Å². The molecule has 13 nitrogen and oxygen atoms in total. The van der Waals surface area contributed by atoms with Crippen LogP contribution in [0.3, 0.4) is 0 Å². The Labute approximate surface area is 229 Å². The van der Waals surface area contributed by atoms with Gasteiger partial charge in [-0.25, -0.2) is 0 Å². The van der Waals surface area contributed by atoms with Gasteiger partial charge < -0.3 is 41.5 Å². The van der Waals surface area contributed by atoms with Gasteiger partial charge in [-0.15, -0.1) is 0 Å². The van der Waals surface area contributed by atoms with E-state index in [1.807, 2.05) is 0 Å². The number of aliphatic hydroxyl groups is 1. The highest BCUT2D eigenvalue weighted by atomic mass is 16.3. The summed E-state index contributed by atoms with van der Waals surface area (Å²) in [5, 5.41) is 62.2. The first-order valence-corrected chi connectivity index (χ1v) is 13.3. The Morgan fingerprint density at radius 2 is 1.50 bits per heavy atom. The highest BCUT2D eigenvalue weighted by Gasteiger charge is 2.26. The van der Waals surface area contributed by atoms with Crippen LogP contribution in [0.2, 0.25) is 0 Å². The van der Waals surface area contributed by atoms with Gasteiger partial charge in [-0.2, -0.15) is 0 Å². The molecular formula is C27H34N4O9. The Morgan fingerprint density at radius 3 is 2.12 bits per heavy atom. The van der Waals surface area contributed by atoms with E-state index in [4.69, 9.17) is 0 Å². The molecule has 3 amide bonds. The summed E-state index contributed by atoms with van der Waals surface area (Å²) in [5.41, 5.74) is -0.708. The summed E-state index contributed by atoms with van der Waals surface area (Å²) in [6.45, 7) is 0.688. The van der Waals surface area contributed by atoms with E-state index in [2.05, 4.69) is 21.3 Å². The molecule has 2 aromatic rings. The molecule has 0 spiro atoms. The number of rotatable bonds is 8. The van der Waals surface area contributed by atoms with Gasteiger partial charge in [0.05, 0.1) is 17.2 Å².